The number of aromatic nitrogens is 2. The third-order valence-corrected chi connectivity index (χ3v) is 3.03. The summed E-state index contributed by atoms with van der Waals surface area (Å²) in [6.45, 7) is 6.55. The molecule has 2 rings (SSSR count). The van der Waals surface area contributed by atoms with Gasteiger partial charge in [-0.2, -0.15) is 0 Å². The molecule has 1 heterocycles. The molecule has 0 aliphatic carbocycles. The van der Waals surface area contributed by atoms with Crippen molar-refractivity contribution in [1.29, 1.82) is 0 Å². The smallest absolute Gasteiger partial charge is 0.254 e. The van der Waals surface area contributed by atoms with Gasteiger partial charge in [0, 0.05) is 25.0 Å². The largest absolute Gasteiger partial charge is 0.350 e. The van der Waals surface area contributed by atoms with Crippen molar-refractivity contribution in [2.75, 3.05) is 5.32 Å². The summed E-state index contributed by atoms with van der Waals surface area (Å²) in [4.78, 5) is 20.1. The van der Waals surface area contributed by atoms with Crippen LogP contribution in [0.25, 0.3) is 0 Å². The van der Waals surface area contributed by atoms with Gasteiger partial charge in [0.1, 0.15) is 0 Å². The Morgan fingerprint density at radius 2 is 1.86 bits per heavy atom. The van der Waals surface area contributed by atoms with E-state index in [9.17, 15) is 4.79 Å². The molecule has 5 heteroatoms. The fourth-order valence-corrected chi connectivity index (χ4v) is 1.86. The minimum Gasteiger partial charge on any atom is -0.350 e. The van der Waals surface area contributed by atoms with E-state index in [-0.39, 0.29) is 11.9 Å². The van der Waals surface area contributed by atoms with Crippen LogP contribution in [0.5, 0.6) is 0 Å². The molecule has 110 valence electrons. The Morgan fingerprint density at radius 1 is 1.19 bits per heavy atom. The molecule has 5 nitrogen and oxygen atoms in total. The zero-order valence-corrected chi connectivity index (χ0v) is 12.6. The first-order valence-corrected chi connectivity index (χ1v) is 6.97. The molecule has 0 bridgehead atoms. The molecule has 0 fully saturated rings. The standard InChI is InChI=1S/C16H20N4O/c1-11(2)20-15(21)14-9-18-16(19-10-14)17-8-13-7-5-4-6-12(13)3/h4-7,9-11H,8H2,1-3H3,(H,20,21)(H,17,18,19). The summed E-state index contributed by atoms with van der Waals surface area (Å²) in [6, 6.07) is 8.24. The second-order valence-corrected chi connectivity index (χ2v) is 5.20. The minimum atomic E-state index is -0.157. The topological polar surface area (TPSA) is 66.9 Å². The molecule has 0 radical (unpaired) electrons. The van der Waals surface area contributed by atoms with Crippen LogP contribution in [0.3, 0.4) is 0 Å². The first-order chi connectivity index (χ1) is 10.1. The summed E-state index contributed by atoms with van der Waals surface area (Å²) >= 11 is 0. The van der Waals surface area contributed by atoms with Gasteiger partial charge in [0.05, 0.1) is 5.56 Å². The number of hydrogen-bond donors (Lipinski definition) is 2. The van der Waals surface area contributed by atoms with E-state index in [4.69, 9.17) is 0 Å². The number of anilines is 1. The molecule has 0 saturated carbocycles. The van der Waals surface area contributed by atoms with Gasteiger partial charge in [-0.05, 0) is 31.9 Å². The molecule has 1 aromatic carbocycles. The van der Waals surface area contributed by atoms with E-state index in [1.54, 1.807) is 0 Å². The van der Waals surface area contributed by atoms with Gasteiger partial charge < -0.3 is 10.6 Å². The van der Waals surface area contributed by atoms with Crippen molar-refractivity contribution in [3.63, 3.8) is 0 Å². The number of carbonyl (C=O) groups is 1. The molecule has 21 heavy (non-hydrogen) atoms. The number of benzene rings is 1. The Balaban J connectivity index is 1.97. The first kappa shape index (κ1) is 15.0. The Labute approximate surface area is 124 Å². The molecule has 0 unspecified atom stereocenters. The first-order valence-electron chi connectivity index (χ1n) is 6.97. The van der Waals surface area contributed by atoms with Gasteiger partial charge in [-0.1, -0.05) is 24.3 Å². The van der Waals surface area contributed by atoms with Crippen LogP contribution in [0.15, 0.2) is 36.7 Å². The highest BCUT2D eigenvalue weighted by atomic mass is 16.1. The van der Waals surface area contributed by atoms with Crippen LogP contribution in [0.4, 0.5) is 5.95 Å². The molecular weight excluding hydrogens is 264 g/mol. The predicted octanol–water partition coefficient (Wildman–Crippen LogP) is 2.54. The van der Waals surface area contributed by atoms with Gasteiger partial charge in [0.25, 0.3) is 5.91 Å². The second-order valence-electron chi connectivity index (χ2n) is 5.20. The lowest BCUT2D eigenvalue weighted by Gasteiger charge is -2.09. The maximum absolute atomic E-state index is 11.8. The Morgan fingerprint density at radius 3 is 2.48 bits per heavy atom. The average Bonchev–Trinajstić information content (AvgIpc) is 2.46. The van der Waals surface area contributed by atoms with E-state index in [1.165, 1.54) is 23.5 Å². The molecule has 0 aliphatic rings. The number of carbonyl (C=O) groups excluding carboxylic acids is 1. The van der Waals surface area contributed by atoms with Crippen molar-refractivity contribution in [2.24, 2.45) is 0 Å². The summed E-state index contributed by atoms with van der Waals surface area (Å²) < 4.78 is 0. The number of hydrogen-bond acceptors (Lipinski definition) is 4. The fraction of sp³-hybridized carbons (Fsp3) is 0.312. The number of amides is 1. The van der Waals surface area contributed by atoms with E-state index in [0.29, 0.717) is 18.1 Å². The molecule has 2 N–H and O–H groups in total. The Hall–Kier alpha value is -2.43. The predicted molar refractivity (Wildman–Crippen MR) is 83.1 cm³/mol. The highest BCUT2D eigenvalue weighted by molar-refractivity contribution is 5.93. The maximum Gasteiger partial charge on any atom is 0.254 e. The molecule has 1 amide bonds. The van der Waals surface area contributed by atoms with Crippen LogP contribution in [0.1, 0.15) is 35.3 Å². The van der Waals surface area contributed by atoms with E-state index in [0.717, 1.165) is 0 Å². The van der Waals surface area contributed by atoms with Crippen LogP contribution in [0, 0.1) is 6.92 Å². The summed E-state index contributed by atoms with van der Waals surface area (Å²) in [6.07, 6.45) is 3.07. The van der Waals surface area contributed by atoms with Gasteiger partial charge in [-0.3, -0.25) is 4.79 Å². The fourth-order valence-electron chi connectivity index (χ4n) is 1.86. The van der Waals surface area contributed by atoms with Crippen molar-refractivity contribution in [3.8, 4) is 0 Å². The lowest BCUT2D eigenvalue weighted by atomic mass is 10.1. The number of rotatable bonds is 5. The Kier molecular flexibility index (Phi) is 4.87. The van der Waals surface area contributed by atoms with Gasteiger partial charge in [-0.25, -0.2) is 9.97 Å². The number of nitrogens with zero attached hydrogens (tertiary/aromatic N) is 2. The molecule has 0 spiro atoms. The van der Waals surface area contributed by atoms with Crippen molar-refractivity contribution >= 4 is 11.9 Å². The van der Waals surface area contributed by atoms with Crippen molar-refractivity contribution in [3.05, 3.63) is 53.3 Å². The third-order valence-electron chi connectivity index (χ3n) is 3.03. The van der Waals surface area contributed by atoms with Gasteiger partial charge in [0.2, 0.25) is 5.95 Å². The normalized spacial score (nSPS) is 10.5. The minimum absolute atomic E-state index is 0.0938. The van der Waals surface area contributed by atoms with Crippen LogP contribution in [-0.4, -0.2) is 21.9 Å². The van der Waals surface area contributed by atoms with Crippen molar-refractivity contribution in [1.82, 2.24) is 15.3 Å². The van der Waals surface area contributed by atoms with E-state index < -0.39 is 0 Å². The van der Waals surface area contributed by atoms with Crippen LogP contribution in [-0.2, 0) is 6.54 Å². The zero-order valence-electron chi connectivity index (χ0n) is 12.6. The van der Waals surface area contributed by atoms with E-state index in [2.05, 4.69) is 39.7 Å². The highest BCUT2D eigenvalue weighted by Crippen LogP contribution is 2.09. The number of nitrogens with one attached hydrogen (secondary N) is 2. The lowest BCUT2D eigenvalue weighted by Crippen LogP contribution is -2.30. The molecular formula is C16H20N4O. The van der Waals surface area contributed by atoms with Crippen LogP contribution < -0.4 is 10.6 Å². The molecule has 2 aromatic rings. The SMILES string of the molecule is Cc1ccccc1CNc1ncc(C(=O)NC(C)C)cn1. The summed E-state index contributed by atoms with van der Waals surface area (Å²) in [7, 11) is 0. The maximum atomic E-state index is 11.8. The third kappa shape index (κ3) is 4.27. The van der Waals surface area contributed by atoms with Crippen LogP contribution >= 0.6 is 0 Å². The summed E-state index contributed by atoms with van der Waals surface area (Å²) in [5, 5.41) is 5.96. The van der Waals surface area contributed by atoms with Crippen molar-refractivity contribution < 1.29 is 4.79 Å². The lowest BCUT2D eigenvalue weighted by molar-refractivity contribution is 0.0942. The average molecular weight is 284 g/mol. The summed E-state index contributed by atoms with van der Waals surface area (Å²) in [5.41, 5.74) is 2.88. The highest BCUT2D eigenvalue weighted by Gasteiger charge is 2.08. The molecule has 0 saturated heterocycles. The van der Waals surface area contributed by atoms with E-state index >= 15 is 0 Å². The van der Waals surface area contributed by atoms with Gasteiger partial charge in [0.15, 0.2) is 0 Å². The Bertz CT molecular complexity index is 608. The number of aryl methyl sites for hydroxylation is 1. The van der Waals surface area contributed by atoms with Gasteiger partial charge >= 0.3 is 0 Å². The quantitative estimate of drug-likeness (QED) is 0.885. The zero-order chi connectivity index (χ0) is 15.2. The van der Waals surface area contributed by atoms with Gasteiger partial charge in [-0.15, -0.1) is 0 Å². The van der Waals surface area contributed by atoms with Crippen molar-refractivity contribution in [2.45, 2.75) is 33.4 Å². The molecule has 0 aliphatic heterocycles. The summed E-state index contributed by atoms with van der Waals surface area (Å²) in [5.74, 6) is 0.356. The molecule has 0 atom stereocenters. The van der Waals surface area contributed by atoms with E-state index in [1.807, 2.05) is 26.0 Å². The second kappa shape index (κ2) is 6.83. The van der Waals surface area contributed by atoms with Crippen LogP contribution in [0.2, 0.25) is 0 Å². The monoisotopic (exact) mass is 284 g/mol. The molecule has 1 aromatic heterocycles.